The summed E-state index contributed by atoms with van der Waals surface area (Å²) in [7, 11) is 0. The first kappa shape index (κ1) is 14.5. The summed E-state index contributed by atoms with van der Waals surface area (Å²) < 4.78 is 13.0. The van der Waals surface area contributed by atoms with Gasteiger partial charge in [-0.05, 0) is 54.7 Å². The Labute approximate surface area is 116 Å². The second kappa shape index (κ2) is 6.04. The van der Waals surface area contributed by atoms with Gasteiger partial charge in [0.1, 0.15) is 5.82 Å². The summed E-state index contributed by atoms with van der Waals surface area (Å²) >= 11 is 0. The van der Waals surface area contributed by atoms with Crippen LogP contribution in [-0.2, 0) is 0 Å². The average Bonchev–Trinajstić information content (AvgIpc) is 3.13. The van der Waals surface area contributed by atoms with Gasteiger partial charge in [0.15, 0.2) is 0 Å². The molecule has 1 aliphatic carbocycles. The molecular weight excluding hydrogens is 237 g/mol. The summed E-state index contributed by atoms with van der Waals surface area (Å²) in [5, 5.41) is 3.61. The number of rotatable bonds is 6. The molecule has 0 bridgehead atoms. The molecule has 1 fully saturated rings. The first-order valence-corrected chi connectivity index (χ1v) is 7.43. The van der Waals surface area contributed by atoms with Gasteiger partial charge in [0.05, 0.1) is 0 Å². The predicted molar refractivity (Wildman–Crippen MR) is 78.9 cm³/mol. The molecule has 1 aromatic rings. The van der Waals surface area contributed by atoms with E-state index in [-0.39, 0.29) is 5.82 Å². The van der Waals surface area contributed by atoms with Crippen molar-refractivity contribution in [2.24, 2.45) is 5.41 Å². The second-order valence-electron chi connectivity index (χ2n) is 7.03. The summed E-state index contributed by atoms with van der Waals surface area (Å²) in [6.45, 7) is 7.86. The van der Waals surface area contributed by atoms with Crippen LogP contribution in [0.3, 0.4) is 0 Å². The third-order valence-electron chi connectivity index (χ3n) is 3.81. The Bertz CT molecular complexity index is 387. The van der Waals surface area contributed by atoms with Crippen LogP contribution in [0.2, 0.25) is 0 Å². The quantitative estimate of drug-likeness (QED) is 0.797. The standard InChI is InChI=1S/C17H26FN/c1-17(2,3)11-10-14(12-19-16-8-9-16)13-4-6-15(18)7-5-13/h4-7,14,16,19H,8-12H2,1-3H3. The van der Waals surface area contributed by atoms with Gasteiger partial charge in [0.25, 0.3) is 0 Å². The van der Waals surface area contributed by atoms with Crippen molar-refractivity contribution in [3.63, 3.8) is 0 Å². The maximum absolute atomic E-state index is 13.0. The van der Waals surface area contributed by atoms with Crippen molar-refractivity contribution in [3.05, 3.63) is 35.6 Å². The summed E-state index contributed by atoms with van der Waals surface area (Å²) in [6.07, 6.45) is 4.99. The van der Waals surface area contributed by atoms with E-state index in [0.29, 0.717) is 11.3 Å². The molecule has 1 aliphatic rings. The molecule has 2 rings (SSSR count). The van der Waals surface area contributed by atoms with Gasteiger partial charge in [-0.3, -0.25) is 0 Å². The van der Waals surface area contributed by atoms with Crippen molar-refractivity contribution in [1.29, 1.82) is 0 Å². The second-order valence-corrected chi connectivity index (χ2v) is 7.03. The zero-order valence-electron chi connectivity index (χ0n) is 12.4. The van der Waals surface area contributed by atoms with Gasteiger partial charge >= 0.3 is 0 Å². The third-order valence-corrected chi connectivity index (χ3v) is 3.81. The van der Waals surface area contributed by atoms with Crippen LogP contribution in [0.5, 0.6) is 0 Å². The van der Waals surface area contributed by atoms with E-state index in [4.69, 9.17) is 0 Å². The highest BCUT2D eigenvalue weighted by Gasteiger charge is 2.23. The van der Waals surface area contributed by atoms with Crippen LogP contribution in [0.4, 0.5) is 4.39 Å². The van der Waals surface area contributed by atoms with E-state index in [2.05, 4.69) is 26.1 Å². The van der Waals surface area contributed by atoms with Crippen molar-refractivity contribution in [2.45, 2.75) is 58.4 Å². The summed E-state index contributed by atoms with van der Waals surface area (Å²) in [5.41, 5.74) is 1.62. The van der Waals surface area contributed by atoms with Gasteiger partial charge in [-0.2, -0.15) is 0 Å². The van der Waals surface area contributed by atoms with Crippen molar-refractivity contribution in [2.75, 3.05) is 6.54 Å². The molecule has 0 radical (unpaired) electrons. The van der Waals surface area contributed by atoms with Crippen LogP contribution >= 0.6 is 0 Å². The molecule has 0 aromatic heterocycles. The Morgan fingerprint density at radius 1 is 1.21 bits per heavy atom. The van der Waals surface area contributed by atoms with E-state index < -0.39 is 0 Å². The molecule has 1 saturated carbocycles. The third kappa shape index (κ3) is 5.32. The largest absolute Gasteiger partial charge is 0.313 e. The lowest BCUT2D eigenvalue weighted by Gasteiger charge is -2.24. The molecule has 2 heteroatoms. The minimum absolute atomic E-state index is 0.145. The fourth-order valence-electron chi connectivity index (χ4n) is 2.33. The SMILES string of the molecule is CC(C)(C)CCC(CNC1CC1)c1ccc(F)cc1. The van der Waals surface area contributed by atoms with Crippen LogP contribution < -0.4 is 5.32 Å². The molecule has 0 heterocycles. The van der Waals surface area contributed by atoms with Gasteiger partial charge in [0, 0.05) is 12.6 Å². The zero-order valence-corrected chi connectivity index (χ0v) is 12.4. The molecule has 1 unspecified atom stereocenters. The van der Waals surface area contributed by atoms with Crippen molar-refractivity contribution in [1.82, 2.24) is 5.32 Å². The highest BCUT2D eigenvalue weighted by Crippen LogP contribution is 2.29. The predicted octanol–water partition coefficient (Wildman–Crippen LogP) is 4.49. The van der Waals surface area contributed by atoms with Crippen molar-refractivity contribution in [3.8, 4) is 0 Å². The number of hydrogen-bond acceptors (Lipinski definition) is 1. The topological polar surface area (TPSA) is 12.0 Å². The lowest BCUT2D eigenvalue weighted by molar-refractivity contribution is 0.344. The average molecular weight is 263 g/mol. The highest BCUT2D eigenvalue weighted by molar-refractivity contribution is 5.21. The number of halogens is 1. The lowest BCUT2D eigenvalue weighted by Crippen LogP contribution is -2.24. The lowest BCUT2D eigenvalue weighted by atomic mass is 9.84. The molecule has 1 atom stereocenters. The van der Waals surface area contributed by atoms with Crippen molar-refractivity contribution >= 4 is 0 Å². The Kier molecular flexibility index (Phi) is 4.62. The van der Waals surface area contributed by atoms with E-state index in [1.54, 1.807) is 12.1 Å². The minimum Gasteiger partial charge on any atom is -0.313 e. The molecule has 0 saturated heterocycles. The Hall–Kier alpha value is -0.890. The van der Waals surface area contributed by atoms with E-state index >= 15 is 0 Å². The van der Waals surface area contributed by atoms with Crippen molar-refractivity contribution < 1.29 is 4.39 Å². The molecule has 1 aromatic carbocycles. The smallest absolute Gasteiger partial charge is 0.123 e. The van der Waals surface area contributed by atoms with E-state index in [0.717, 1.165) is 19.0 Å². The normalized spacial score (nSPS) is 17.5. The maximum atomic E-state index is 13.0. The van der Waals surface area contributed by atoms with Crippen LogP contribution in [0.15, 0.2) is 24.3 Å². The number of nitrogens with one attached hydrogen (secondary N) is 1. The molecule has 106 valence electrons. The van der Waals surface area contributed by atoms with Gasteiger partial charge in [-0.1, -0.05) is 32.9 Å². The fourth-order valence-corrected chi connectivity index (χ4v) is 2.33. The molecule has 0 amide bonds. The van der Waals surface area contributed by atoms with Crippen LogP contribution in [0, 0.1) is 11.2 Å². The number of benzene rings is 1. The van der Waals surface area contributed by atoms with Gasteiger partial charge < -0.3 is 5.32 Å². The highest BCUT2D eigenvalue weighted by atomic mass is 19.1. The van der Waals surface area contributed by atoms with E-state index in [9.17, 15) is 4.39 Å². The Morgan fingerprint density at radius 2 is 1.84 bits per heavy atom. The molecule has 0 spiro atoms. The first-order chi connectivity index (χ1) is 8.94. The van der Waals surface area contributed by atoms with Gasteiger partial charge in [-0.25, -0.2) is 4.39 Å². The molecule has 1 nitrogen and oxygen atoms in total. The Balaban J connectivity index is 1.97. The summed E-state index contributed by atoms with van der Waals surface area (Å²) in [6, 6.07) is 7.78. The summed E-state index contributed by atoms with van der Waals surface area (Å²) in [4.78, 5) is 0. The van der Waals surface area contributed by atoms with Crippen LogP contribution in [0.1, 0.15) is 57.9 Å². The van der Waals surface area contributed by atoms with Gasteiger partial charge in [-0.15, -0.1) is 0 Å². The molecule has 19 heavy (non-hydrogen) atoms. The zero-order chi connectivity index (χ0) is 13.9. The number of hydrogen-bond donors (Lipinski definition) is 1. The molecule has 1 N–H and O–H groups in total. The van der Waals surface area contributed by atoms with Crippen LogP contribution in [0.25, 0.3) is 0 Å². The van der Waals surface area contributed by atoms with Gasteiger partial charge in [0.2, 0.25) is 0 Å². The summed E-state index contributed by atoms with van der Waals surface area (Å²) in [5.74, 6) is 0.355. The first-order valence-electron chi connectivity index (χ1n) is 7.43. The maximum Gasteiger partial charge on any atom is 0.123 e. The fraction of sp³-hybridized carbons (Fsp3) is 0.647. The monoisotopic (exact) mass is 263 g/mol. The van der Waals surface area contributed by atoms with Crippen LogP contribution in [-0.4, -0.2) is 12.6 Å². The minimum atomic E-state index is -0.145. The molecular formula is C17H26FN. The van der Waals surface area contributed by atoms with E-state index in [1.165, 1.54) is 24.8 Å². The molecule has 0 aliphatic heterocycles. The Morgan fingerprint density at radius 3 is 2.37 bits per heavy atom. The van der Waals surface area contributed by atoms with E-state index in [1.807, 2.05) is 12.1 Å².